The van der Waals surface area contributed by atoms with Gasteiger partial charge in [-0.25, -0.2) is 4.98 Å². The molecule has 37 heavy (non-hydrogen) atoms. The monoisotopic (exact) mass is 513 g/mol. The van der Waals surface area contributed by atoms with Crippen molar-refractivity contribution >= 4 is 28.9 Å². The molecule has 4 N–H and O–H groups in total. The minimum absolute atomic E-state index is 0.00488. The van der Waals surface area contributed by atoms with Crippen molar-refractivity contribution in [1.29, 1.82) is 0 Å². The molecule has 4 heterocycles. The van der Waals surface area contributed by atoms with Crippen LogP contribution in [0.4, 0.5) is 17.3 Å². The van der Waals surface area contributed by atoms with Crippen molar-refractivity contribution in [2.75, 3.05) is 57.3 Å². The second-order valence-corrected chi connectivity index (χ2v) is 9.82. The number of pyridine rings is 1. The van der Waals surface area contributed by atoms with E-state index in [9.17, 15) is 9.59 Å². The third-order valence-corrected chi connectivity index (χ3v) is 6.20. The minimum atomic E-state index is -0.333. The summed E-state index contributed by atoms with van der Waals surface area (Å²) in [4.78, 5) is 30.8. The number of anilines is 3. The van der Waals surface area contributed by atoms with E-state index in [1.807, 2.05) is 19.9 Å². The molecule has 1 aliphatic heterocycles. The summed E-state index contributed by atoms with van der Waals surface area (Å²) in [6.45, 7) is 6.11. The summed E-state index contributed by atoms with van der Waals surface area (Å²) in [6, 6.07) is 5.25. The molecule has 4 rings (SSSR count). The van der Waals surface area contributed by atoms with Crippen LogP contribution in [-0.2, 0) is 9.47 Å². The molecule has 1 atom stereocenters. The molecule has 0 radical (unpaired) electrons. The third kappa shape index (κ3) is 6.27. The van der Waals surface area contributed by atoms with E-state index >= 15 is 0 Å². The highest BCUT2D eigenvalue weighted by molar-refractivity contribution is 6.00. The first kappa shape index (κ1) is 26.6. The summed E-state index contributed by atoms with van der Waals surface area (Å²) < 4.78 is 14.2. The van der Waals surface area contributed by atoms with Gasteiger partial charge in [-0.2, -0.15) is 9.61 Å². The molecule has 1 fully saturated rings. The summed E-state index contributed by atoms with van der Waals surface area (Å²) in [5.41, 5.74) is 0.529. The van der Waals surface area contributed by atoms with Gasteiger partial charge in [-0.1, -0.05) is 13.8 Å². The Morgan fingerprint density at radius 1 is 1.38 bits per heavy atom. The molecule has 1 aliphatic rings. The van der Waals surface area contributed by atoms with Crippen LogP contribution in [-0.4, -0.2) is 76.8 Å². The summed E-state index contributed by atoms with van der Waals surface area (Å²) in [7, 11) is 1.74. The fourth-order valence-corrected chi connectivity index (χ4v) is 4.22. The zero-order chi connectivity index (χ0) is 26.4. The largest absolute Gasteiger partial charge is 0.394 e. The Kier molecular flexibility index (Phi) is 8.41. The van der Waals surface area contributed by atoms with E-state index in [4.69, 9.17) is 14.6 Å². The van der Waals surface area contributed by atoms with Gasteiger partial charge in [0.15, 0.2) is 5.65 Å². The number of carbonyl (C=O) groups excluding carboxylic acids is 1. The first-order chi connectivity index (χ1) is 17.8. The highest BCUT2D eigenvalue weighted by Gasteiger charge is 2.23. The summed E-state index contributed by atoms with van der Waals surface area (Å²) in [5, 5.41) is 22.3. The van der Waals surface area contributed by atoms with Gasteiger partial charge in [-0.3, -0.25) is 9.59 Å². The van der Waals surface area contributed by atoms with Crippen LogP contribution in [0.1, 0.15) is 43.1 Å². The van der Waals surface area contributed by atoms with Crippen LogP contribution in [0.5, 0.6) is 0 Å². The first-order valence-electron chi connectivity index (χ1n) is 12.4. The van der Waals surface area contributed by atoms with Gasteiger partial charge in [0, 0.05) is 37.9 Å². The van der Waals surface area contributed by atoms with Crippen LogP contribution >= 0.6 is 0 Å². The van der Waals surface area contributed by atoms with Crippen molar-refractivity contribution in [3.63, 3.8) is 0 Å². The number of rotatable bonds is 11. The summed E-state index contributed by atoms with van der Waals surface area (Å²) >= 11 is 0. The molecule has 0 aliphatic carbocycles. The number of carbonyl (C=O) groups is 1. The number of amides is 1. The SMILES string of the molecule is CNc1cc(Nc2cccn(C3CCCOC3)c2=O)nc2c(C(=O)NCC(C)(C)COCCO)cnn12. The van der Waals surface area contributed by atoms with Crippen LogP contribution in [0.3, 0.4) is 0 Å². The average Bonchev–Trinajstić information content (AvgIpc) is 3.33. The minimum Gasteiger partial charge on any atom is -0.394 e. The fraction of sp³-hybridized carbons (Fsp3) is 0.520. The number of hydrogen-bond donors (Lipinski definition) is 4. The number of aliphatic hydroxyl groups excluding tert-OH is 1. The van der Waals surface area contributed by atoms with E-state index in [0.29, 0.717) is 48.3 Å². The van der Waals surface area contributed by atoms with Gasteiger partial charge in [-0.15, -0.1) is 0 Å². The van der Waals surface area contributed by atoms with Gasteiger partial charge >= 0.3 is 0 Å². The van der Waals surface area contributed by atoms with E-state index in [-0.39, 0.29) is 36.1 Å². The lowest BCUT2D eigenvalue weighted by Gasteiger charge is -2.24. The number of aromatic nitrogens is 4. The highest BCUT2D eigenvalue weighted by Crippen LogP contribution is 2.23. The van der Waals surface area contributed by atoms with Crippen molar-refractivity contribution in [3.05, 3.63) is 46.5 Å². The molecular formula is C25H35N7O5. The number of nitrogens with one attached hydrogen (secondary N) is 3. The predicted molar refractivity (Wildman–Crippen MR) is 140 cm³/mol. The number of ether oxygens (including phenoxy) is 2. The maximum Gasteiger partial charge on any atom is 0.274 e. The summed E-state index contributed by atoms with van der Waals surface area (Å²) in [5.74, 6) is 0.677. The Bertz CT molecular complexity index is 1280. The lowest BCUT2D eigenvalue weighted by molar-refractivity contribution is 0.0388. The number of aliphatic hydroxyl groups is 1. The van der Waals surface area contributed by atoms with Gasteiger partial charge in [0.25, 0.3) is 11.5 Å². The van der Waals surface area contributed by atoms with E-state index < -0.39 is 0 Å². The van der Waals surface area contributed by atoms with Gasteiger partial charge < -0.3 is 35.1 Å². The molecule has 12 nitrogen and oxygen atoms in total. The molecular weight excluding hydrogens is 478 g/mol. The molecule has 200 valence electrons. The Morgan fingerprint density at radius 3 is 2.95 bits per heavy atom. The van der Waals surface area contributed by atoms with E-state index in [0.717, 1.165) is 19.4 Å². The molecule has 3 aromatic heterocycles. The standard InChI is InChI=1S/C25H35N7O5/c1-25(2,16-37-11-9-33)15-27-23(34)18-13-28-32-21(26-3)12-20(30-22(18)32)29-19-7-4-8-31(24(19)35)17-6-5-10-36-14-17/h4,7-8,12-13,17,26,33H,5-6,9-11,14-16H2,1-3H3,(H,27,34)(H,29,30). The fourth-order valence-electron chi connectivity index (χ4n) is 4.22. The zero-order valence-electron chi connectivity index (χ0n) is 21.5. The average molecular weight is 514 g/mol. The topological polar surface area (TPSA) is 144 Å². The Labute approximate surface area is 215 Å². The molecule has 0 saturated carbocycles. The maximum absolute atomic E-state index is 13.2. The number of hydrogen-bond acceptors (Lipinski definition) is 9. The van der Waals surface area contributed by atoms with E-state index in [1.165, 1.54) is 10.7 Å². The molecule has 0 spiro atoms. The van der Waals surface area contributed by atoms with Crippen molar-refractivity contribution in [3.8, 4) is 0 Å². The molecule has 12 heteroatoms. The lowest BCUT2D eigenvalue weighted by Crippen LogP contribution is -2.37. The molecule has 1 saturated heterocycles. The second-order valence-electron chi connectivity index (χ2n) is 9.82. The predicted octanol–water partition coefficient (Wildman–Crippen LogP) is 1.79. The van der Waals surface area contributed by atoms with Crippen LogP contribution < -0.4 is 21.5 Å². The molecule has 0 bridgehead atoms. The molecule has 1 amide bonds. The van der Waals surface area contributed by atoms with Crippen molar-refractivity contribution < 1.29 is 19.4 Å². The molecule has 0 aromatic carbocycles. The smallest absolute Gasteiger partial charge is 0.274 e. The highest BCUT2D eigenvalue weighted by atomic mass is 16.5. The normalized spacial score (nSPS) is 16.1. The summed E-state index contributed by atoms with van der Waals surface area (Å²) in [6.07, 6.45) is 5.04. The molecule has 1 unspecified atom stereocenters. The van der Waals surface area contributed by atoms with Gasteiger partial charge in [0.1, 0.15) is 22.9 Å². The van der Waals surface area contributed by atoms with Gasteiger partial charge in [0.05, 0.1) is 38.7 Å². The second kappa shape index (κ2) is 11.7. The lowest BCUT2D eigenvalue weighted by atomic mass is 9.95. The van der Waals surface area contributed by atoms with Crippen LogP contribution in [0.15, 0.2) is 35.4 Å². The quantitative estimate of drug-likeness (QED) is 0.282. The van der Waals surface area contributed by atoms with Crippen molar-refractivity contribution in [2.45, 2.75) is 32.7 Å². The van der Waals surface area contributed by atoms with Crippen molar-refractivity contribution in [1.82, 2.24) is 24.5 Å². The maximum atomic E-state index is 13.2. The van der Waals surface area contributed by atoms with Gasteiger partial charge in [0.2, 0.25) is 0 Å². The van der Waals surface area contributed by atoms with Crippen molar-refractivity contribution in [2.24, 2.45) is 5.41 Å². The number of nitrogens with zero attached hydrogens (tertiary/aromatic N) is 4. The Balaban J connectivity index is 1.57. The van der Waals surface area contributed by atoms with E-state index in [1.54, 1.807) is 29.9 Å². The van der Waals surface area contributed by atoms with E-state index in [2.05, 4.69) is 26.0 Å². The van der Waals surface area contributed by atoms with Crippen LogP contribution in [0.25, 0.3) is 5.65 Å². The van der Waals surface area contributed by atoms with Crippen LogP contribution in [0, 0.1) is 5.41 Å². The number of fused-ring (bicyclic) bond motifs is 1. The first-order valence-corrected chi connectivity index (χ1v) is 12.4. The third-order valence-electron chi connectivity index (χ3n) is 6.20. The zero-order valence-corrected chi connectivity index (χ0v) is 21.5. The Hall–Kier alpha value is -3.48. The van der Waals surface area contributed by atoms with Gasteiger partial charge in [-0.05, 0) is 25.0 Å². The molecule has 3 aromatic rings. The Morgan fingerprint density at radius 2 is 2.22 bits per heavy atom. The van der Waals surface area contributed by atoms with Crippen LogP contribution in [0.2, 0.25) is 0 Å².